The van der Waals surface area contributed by atoms with Gasteiger partial charge in [-0.2, -0.15) is 13.2 Å². The van der Waals surface area contributed by atoms with E-state index in [1.165, 1.54) is 18.2 Å². The highest BCUT2D eigenvalue weighted by molar-refractivity contribution is 5.96. The average Bonchev–Trinajstić information content (AvgIpc) is 3.19. The number of benzene rings is 1. The van der Waals surface area contributed by atoms with Gasteiger partial charge in [-0.3, -0.25) is 4.79 Å². The van der Waals surface area contributed by atoms with Gasteiger partial charge in [-0.25, -0.2) is 4.79 Å². The fourth-order valence-electron chi connectivity index (χ4n) is 3.00. The molecule has 2 aromatic rings. The van der Waals surface area contributed by atoms with Crippen LogP contribution in [-0.4, -0.2) is 23.0 Å². The molecule has 1 saturated carbocycles. The van der Waals surface area contributed by atoms with Crippen molar-refractivity contribution in [3.63, 3.8) is 0 Å². The molecule has 0 radical (unpaired) electrons. The standard InChI is InChI=1S/C18H16F3NO4/c1-2-14-11(17(24)25)8-15(26-14)16(23)22-13-7-10(13)9-5-3-4-6-12(9)18(19,20)21/h3-6,8,10,13H,2,7H2,1H3,(H,22,23)(H,24,25). The van der Waals surface area contributed by atoms with E-state index < -0.39 is 35.6 Å². The molecule has 2 atom stereocenters. The minimum absolute atomic E-state index is 0.0904. The number of halogens is 3. The molecule has 138 valence electrons. The van der Waals surface area contributed by atoms with Crippen LogP contribution in [0.25, 0.3) is 0 Å². The molecule has 0 bridgehead atoms. The second-order valence-corrected chi connectivity index (χ2v) is 6.11. The van der Waals surface area contributed by atoms with E-state index in [-0.39, 0.29) is 22.6 Å². The number of alkyl halides is 3. The Morgan fingerprint density at radius 3 is 2.58 bits per heavy atom. The summed E-state index contributed by atoms with van der Waals surface area (Å²) < 4.78 is 44.5. The molecule has 1 amide bonds. The molecule has 2 N–H and O–H groups in total. The SMILES string of the molecule is CCc1oc(C(=O)NC2CC2c2ccccc2C(F)(F)F)cc1C(=O)O. The Kier molecular flexibility index (Phi) is 4.52. The van der Waals surface area contributed by atoms with Gasteiger partial charge in [0.05, 0.1) is 5.56 Å². The molecular formula is C18H16F3NO4. The van der Waals surface area contributed by atoms with Crippen molar-refractivity contribution < 1.29 is 32.3 Å². The van der Waals surface area contributed by atoms with Crippen LogP contribution in [-0.2, 0) is 12.6 Å². The average molecular weight is 367 g/mol. The van der Waals surface area contributed by atoms with Gasteiger partial charge in [-0.15, -0.1) is 0 Å². The molecule has 2 unspecified atom stereocenters. The zero-order valence-electron chi connectivity index (χ0n) is 13.8. The molecule has 1 fully saturated rings. The molecule has 1 aliphatic rings. The van der Waals surface area contributed by atoms with Gasteiger partial charge in [0.2, 0.25) is 0 Å². The molecule has 0 saturated heterocycles. The summed E-state index contributed by atoms with van der Waals surface area (Å²) in [6.45, 7) is 1.69. The fourth-order valence-corrected chi connectivity index (χ4v) is 3.00. The largest absolute Gasteiger partial charge is 0.478 e. The topological polar surface area (TPSA) is 79.5 Å². The predicted molar refractivity (Wildman–Crippen MR) is 85.1 cm³/mol. The van der Waals surface area contributed by atoms with Gasteiger partial charge in [0.25, 0.3) is 5.91 Å². The number of rotatable bonds is 5. The van der Waals surface area contributed by atoms with E-state index in [2.05, 4.69) is 5.32 Å². The molecular weight excluding hydrogens is 351 g/mol. The van der Waals surface area contributed by atoms with E-state index in [0.29, 0.717) is 12.8 Å². The smallest absolute Gasteiger partial charge is 0.416 e. The first-order chi connectivity index (χ1) is 12.2. The Labute approximate surface area is 146 Å². The van der Waals surface area contributed by atoms with Crippen LogP contribution < -0.4 is 5.32 Å². The Morgan fingerprint density at radius 1 is 1.31 bits per heavy atom. The summed E-state index contributed by atoms with van der Waals surface area (Å²) in [4.78, 5) is 23.4. The number of hydrogen-bond acceptors (Lipinski definition) is 3. The van der Waals surface area contributed by atoms with Crippen LogP contribution >= 0.6 is 0 Å². The van der Waals surface area contributed by atoms with Crippen LogP contribution in [0.2, 0.25) is 0 Å². The van der Waals surface area contributed by atoms with Crippen LogP contribution in [0.1, 0.15) is 57.1 Å². The lowest BCUT2D eigenvalue weighted by molar-refractivity contribution is -0.138. The minimum atomic E-state index is -4.46. The van der Waals surface area contributed by atoms with Gasteiger partial charge in [0, 0.05) is 24.4 Å². The van der Waals surface area contributed by atoms with Crippen LogP contribution in [0.3, 0.4) is 0 Å². The second kappa shape index (κ2) is 6.51. The van der Waals surface area contributed by atoms with Crippen LogP contribution in [0.15, 0.2) is 34.7 Å². The molecule has 1 heterocycles. The van der Waals surface area contributed by atoms with Gasteiger partial charge in [-0.05, 0) is 18.1 Å². The van der Waals surface area contributed by atoms with Crippen LogP contribution in [0.5, 0.6) is 0 Å². The third-order valence-corrected chi connectivity index (χ3v) is 4.36. The maximum atomic E-state index is 13.1. The van der Waals surface area contributed by atoms with E-state index in [1.807, 2.05) is 0 Å². The van der Waals surface area contributed by atoms with Gasteiger partial charge >= 0.3 is 12.1 Å². The lowest BCUT2D eigenvalue weighted by Crippen LogP contribution is -2.26. The lowest BCUT2D eigenvalue weighted by atomic mass is 10.0. The Hall–Kier alpha value is -2.77. The maximum absolute atomic E-state index is 13.1. The molecule has 0 aliphatic heterocycles. The maximum Gasteiger partial charge on any atom is 0.416 e. The van der Waals surface area contributed by atoms with Crippen molar-refractivity contribution in [2.24, 2.45) is 0 Å². The van der Waals surface area contributed by atoms with Crippen molar-refractivity contribution >= 4 is 11.9 Å². The minimum Gasteiger partial charge on any atom is -0.478 e. The van der Waals surface area contributed by atoms with Crippen molar-refractivity contribution in [2.45, 2.75) is 37.9 Å². The highest BCUT2D eigenvalue weighted by atomic mass is 19.4. The molecule has 3 rings (SSSR count). The first-order valence-electron chi connectivity index (χ1n) is 8.05. The van der Waals surface area contributed by atoms with Crippen molar-refractivity contribution in [2.75, 3.05) is 0 Å². The normalized spacial score (nSPS) is 19.2. The van der Waals surface area contributed by atoms with E-state index in [1.54, 1.807) is 6.92 Å². The highest BCUT2D eigenvalue weighted by Gasteiger charge is 2.45. The Bertz CT molecular complexity index is 856. The quantitative estimate of drug-likeness (QED) is 0.841. The first kappa shape index (κ1) is 18.0. The van der Waals surface area contributed by atoms with Crippen molar-refractivity contribution in [1.82, 2.24) is 5.32 Å². The predicted octanol–water partition coefficient (Wildman–Crippen LogP) is 3.84. The zero-order valence-corrected chi connectivity index (χ0v) is 13.8. The second-order valence-electron chi connectivity index (χ2n) is 6.11. The number of aryl methyl sites for hydroxylation is 1. The number of carbonyl (C=O) groups is 2. The molecule has 1 aliphatic carbocycles. The number of nitrogens with one attached hydrogen (secondary N) is 1. The van der Waals surface area contributed by atoms with E-state index >= 15 is 0 Å². The van der Waals surface area contributed by atoms with Crippen LogP contribution in [0, 0.1) is 0 Å². The Morgan fingerprint density at radius 2 is 2.00 bits per heavy atom. The van der Waals surface area contributed by atoms with Gasteiger partial charge in [0.1, 0.15) is 11.3 Å². The summed E-state index contributed by atoms with van der Waals surface area (Å²) in [5.41, 5.74) is -0.654. The molecule has 1 aromatic carbocycles. The first-order valence-corrected chi connectivity index (χ1v) is 8.05. The highest BCUT2D eigenvalue weighted by Crippen LogP contribution is 2.46. The van der Waals surface area contributed by atoms with Crippen molar-refractivity contribution in [1.29, 1.82) is 0 Å². The summed E-state index contributed by atoms with van der Waals surface area (Å²) in [5.74, 6) is -2.25. The van der Waals surface area contributed by atoms with E-state index in [4.69, 9.17) is 9.52 Å². The zero-order chi connectivity index (χ0) is 19.1. The Balaban J connectivity index is 1.73. The molecule has 5 nitrogen and oxygen atoms in total. The molecule has 26 heavy (non-hydrogen) atoms. The number of furan rings is 1. The van der Waals surface area contributed by atoms with Gasteiger partial charge < -0.3 is 14.8 Å². The number of carboxylic acid groups (broad SMARTS) is 1. The van der Waals surface area contributed by atoms with Gasteiger partial charge in [0.15, 0.2) is 5.76 Å². The fraction of sp³-hybridized carbons (Fsp3) is 0.333. The number of amides is 1. The number of carboxylic acids is 1. The number of aromatic carboxylic acids is 1. The third kappa shape index (κ3) is 3.44. The summed E-state index contributed by atoms with van der Waals surface area (Å²) >= 11 is 0. The van der Waals surface area contributed by atoms with Gasteiger partial charge in [-0.1, -0.05) is 25.1 Å². The third-order valence-electron chi connectivity index (χ3n) is 4.36. The number of hydrogen-bond donors (Lipinski definition) is 2. The monoisotopic (exact) mass is 367 g/mol. The van der Waals surface area contributed by atoms with Crippen molar-refractivity contribution in [3.8, 4) is 0 Å². The molecule has 1 aromatic heterocycles. The summed E-state index contributed by atoms with van der Waals surface area (Å²) in [6.07, 6.45) is -3.77. The summed E-state index contributed by atoms with van der Waals surface area (Å²) in [6, 6.07) is 5.97. The summed E-state index contributed by atoms with van der Waals surface area (Å²) in [5, 5.41) is 11.7. The van der Waals surface area contributed by atoms with E-state index in [0.717, 1.165) is 12.1 Å². The van der Waals surface area contributed by atoms with Crippen LogP contribution in [0.4, 0.5) is 13.2 Å². The summed E-state index contributed by atoms with van der Waals surface area (Å²) in [7, 11) is 0. The molecule has 0 spiro atoms. The molecule has 8 heteroatoms. The lowest BCUT2D eigenvalue weighted by Gasteiger charge is -2.12. The number of carbonyl (C=O) groups excluding carboxylic acids is 1. The van der Waals surface area contributed by atoms with Crippen molar-refractivity contribution in [3.05, 3.63) is 58.5 Å². The van der Waals surface area contributed by atoms with E-state index in [9.17, 15) is 22.8 Å².